The third-order valence-electron chi connectivity index (χ3n) is 1.60. The third-order valence-corrected chi connectivity index (χ3v) is 6.49. The Morgan fingerprint density at radius 2 is 1.12 bits per heavy atom. The highest BCUT2D eigenvalue weighted by atomic mass is 79.9. The van der Waals surface area contributed by atoms with Crippen LogP contribution in [0.3, 0.4) is 0 Å². The Morgan fingerprint density at radius 3 is 1.38 bits per heavy atom. The topological polar surface area (TPSA) is 0 Å². The van der Waals surface area contributed by atoms with Gasteiger partial charge in [0.2, 0.25) is 0 Å². The molecule has 2 heterocycles. The predicted octanol–water partition coefficient (Wildman–Crippen LogP) is 6.26. The average Bonchev–Trinajstić information content (AvgIpc) is 2.66. The molecule has 0 bridgehead atoms. The fourth-order valence-electron chi connectivity index (χ4n) is 0.966. The molecule has 0 radical (unpaired) electrons. The predicted molar refractivity (Wildman–Crippen MR) is 85.4 cm³/mol. The summed E-state index contributed by atoms with van der Waals surface area (Å²) in [4.78, 5) is 2.06. The summed E-state index contributed by atoms with van der Waals surface area (Å²) in [7, 11) is 0. The molecule has 0 aliphatic heterocycles. The van der Waals surface area contributed by atoms with Crippen LogP contribution in [0.2, 0.25) is 0 Å². The molecule has 0 saturated heterocycles. The van der Waals surface area contributed by atoms with E-state index in [0.29, 0.717) is 0 Å². The van der Waals surface area contributed by atoms with E-state index >= 15 is 0 Å². The lowest BCUT2D eigenvalue weighted by Crippen LogP contribution is -1.67. The van der Waals surface area contributed by atoms with Crippen LogP contribution in [0.25, 0.3) is 0 Å². The second-order valence-electron chi connectivity index (χ2n) is 2.71. The van der Waals surface area contributed by atoms with E-state index in [4.69, 9.17) is 0 Å². The molecule has 0 N–H and O–H groups in total. The van der Waals surface area contributed by atoms with Crippen LogP contribution in [-0.4, -0.2) is 0 Å². The summed E-state index contributed by atoms with van der Waals surface area (Å²) in [5.41, 5.74) is 0. The summed E-state index contributed by atoms with van der Waals surface area (Å²) in [5.74, 6) is 6.31. The number of halogens is 4. The summed E-state index contributed by atoms with van der Waals surface area (Å²) >= 11 is 17.1. The molecule has 0 aromatic carbocycles. The van der Waals surface area contributed by atoms with Crippen molar-refractivity contribution in [3.63, 3.8) is 0 Å². The minimum Gasteiger partial charge on any atom is -0.118 e. The van der Waals surface area contributed by atoms with Gasteiger partial charge >= 0.3 is 0 Å². The van der Waals surface area contributed by atoms with Gasteiger partial charge in [-0.25, -0.2) is 0 Å². The summed E-state index contributed by atoms with van der Waals surface area (Å²) < 4.78 is 4.22. The van der Waals surface area contributed by atoms with Crippen LogP contribution in [0.4, 0.5) is 0 Å². The van der Waals surface area contributed by atoms with E-state index in [9.17, 15) is 0 Å². The second-order valence-corrected chi connectivity index (χ2v) is 9.28. The molecule has 0 spiro atoms. The Bertz CT molecular complexity index is 535. The Morgan fingerprint density at radius 1 is 0.750 bits per heavy atom. The van der Waals surface area contributed by atoms with Crippen molar-refractivity contribution >= 4 is 86.4 Å². The van der Waals surface area contributed by atoms with Crippen molar-refractivity contribution in [1.29, 1.82) is 0 Å². The summed E-state index contributed by atoms with van der Waals surface area (Å²) in [6.45, 7) is 0. The summed E-state index contributed by atoms with van der Waals surface area (Å²) in [6.07, 6.45) is 0. The van der Waals surface area contributed by atoms with Gasteiger partial charge in [0, 0.05) is 8.95 Å². The summed E-state index contributed by atoms with van der Waals surface area (Å²) in [5, 5.41) is 0. The van der Waals surface area contributed by atoms with Crippen molar-refractivity contribution in [1.82, 2.24) is 0 Å². The van der Waals surface area contributed by atoms with Gasteiger partial charge < -0.3 is 0 Å². The van der Waals surface area contributed by atoms with Crippen LogP contribution in [0.5, 0.6) is 0 Å². The van der Waals surface area contributed by atoms with Crippen LogP contribution < -0.4 is 0 Å². The van der Waals surface area contributed by atoms with Crippen molar-refractivity contribution in [3.05, 3.63) is 38.4 Å². The second kappa shape index (κ2) is 5.68. The van der Waals surface area contributed by atoms with E-state index in [0.717, 1.165) is 26.3 Å². The molecule has 0 unspecified atom stereocenters. The monoisotopic (exact) mass is 502 g/mol. The highest BCUT2D eigenvalue weighted by Crippen LogP contribution is 2.32. The number of thiophene rings is 2. The number of hydrogen-bond donors (Lipinski definition) is 0. The third kappa shape index (κ3) is 3.21. The fourth-order valence-corrected chi connectivity index (χ4v) is 5.71. The van der Waals surface area contributed by atoms with Crippen LogP contribution >= 0.6 is 86.4 Å². The van der Waals surface area contributed by atoms with Crippen molar-refractivity contribution in [2.75, 3.05) is 0 Å². The largest absolute Gasteiger partial charge is 0.118 e. The number of hydrogen-bond acceptors (Lipinski definition) is 2. The molecule has 0 aliphatic rings. The molecular weight excluding hydrogens is 504 g/mol. The Labute approximate surface area is 135 Å². The van der Waals surface area contributed by atoms with Gasteiger partial charge in [-0.15, -0.1) is 22.7 Å². The van der Waals surface area contributed by atoms with Crippen LogP contribution in [0.15, 0.2) is 28.7 Å². The van der Waals surface area contributed by atoms with Crippen LogP contribution in [0, 0.1) is 11.8 Å². The fraction of sp³-hybridized carbons (Fsp3) is 0. The van der Waals surface area contributed by atoms with E-state index in [2.05, 4.69) is 75.6 Å². The molecule has 0 atom stereocenters. The molecule has 2 aromatic heterocycles. The average molecular weight is 506 g/mol. The Kier molecular flexibility index (Phi) is 4.73. The molecule has 16 heavy (non-hydrogen) atoms. The van der Waals surface area contributed by atoms with Gasteiger partial charge in [0.15, 0.2) is 0 Å². The number of rotatable bonds is 0. The molecule has 2 aromatic rings. The minimum atomic E-state index is 1.03. The molecule has 0 nitrogen and oxygen atoms in total. The maximum absolute atomic E-state index is 3.47. The van der Waals surface area contributed by atoms with Gasteiger partial charge in [-0.2, -0.15) is 0 Å². The minimum absolute atomic E-state index is 1.03. The van der Waals surface area contributed by atoms with Crippen molar-refractivity contribution in [2.45, 2.75) is 0 Å². The smallest absolute Gasteiger partial charge is 0.0926 e. The molecule has 0 amide bonds. The SMILES string of the molecule is Brc1cc(Br)c(C#Cc2sc(Br)cc2Br)s1. The maximum atomic E-state index is 3.47. The first kappa shape index (κ1) is 13.3. The maximum Gasteiger partial charge on any atom is 0.0926 e. The van der Waals surface area contributed by atoms with Crippen molar-refractivity contribution in [2.24, 2.45) is 0 Å². The molecule has 0 aliphatic carbocycles. The van der Waals surface area contributed by atoms with E-state index in [1.165, 1.54) is 0 Å². The first-order chi connectivity index (χ1) is 7.56. The molecule has 2 rings (SSSR count). The lowest BCUT2D eigenvalue weighted by molar-refractivity contribution is 1.78. The highest BCUT2D eigenvalue weighted by Gasteiger charge is 2.04. The quantitative estimate of drug-likeness (QED) is 0.371. The molecule has 0 saturated carbocycles. The Balaban J connectivity index is 2.35. The van der Waals surface area contributed by atoms with Crippen LogP contribution in [0.1, 0.15) is 9.75 Å². The zero-order chi connectivity index (χ0) is 11.7. The molecule has 6 heteroatoms. The summed E-state index contributed by atoms with van der Waals surface area (Å²) in [6, 6.07) is 4.02. The van der Waals surface area contributed by atoms with Gasteiger partial charge in [-0.1, -0.05) is 0 Å². The standard InChI is InChI=1S/C10H2Br4S2/c11-5-3-9(13)15-7(5)1-2-8-6(12)4-10(14)16-8/h3-4H. The van der Waals surface area contributed by atoms with Gasteiger partial charge in [-0.3, -0.25) is 0 Å². The van der Waals surface area contributed by atoms with Gasteiger partial charge in [-0.05, 0) is 87.7 Å². The van der Waals surface area contributed by atoms with Crippen LogP contribution in [-0.2, 0) is 0 Å². The van der Waals surface area contributed by atoms with Gasteiger partial charge in [0.05, 0.1) is 17.3 Å². The zero-order valence-corrected chi connectivity index (χ0v) is 15.5. The van der Waals surface area contributed by atoms with Gasteiger partial charge in [0.1, 0.15) is 0 Å². The van der Waals surface area contributed by atoms with E-state index in [1.54, 1.807) is 22.7 Å². The van der Waals surface area contributed by atoms with Crippen molar-refractivity contribution in [3.8, 4) is 11.8 Å². The van der Waals surface area contributed by atoms with E-state index in [-0.39, 0.29) is 0 Å². The zero-order valence-electron chi connectivity index (χ0n) is 7.48. The highest BCUT2D eigenvalue weighted by molar-refractivity contribution is 9.12. The van der Waals surface area contributed by atoms with Crippen molar-refractivity contribution < 1.29 is 0 Å². The van der Waals surface area contributed by atoms with Gasteiger partial charge in [0.25, 0.3) is 0 Å². The molecule has 82 valence electrons. The molecule has 0 fully saturated rings. The normalized spacial score (nSPS) is 10.0. The Hall–Kier alpha value is 0.880. The lowest BCUT2D eigenvalue weighted by atomic mass is 10.4. The first-order valence-electron chi connectivity index (χ1n) is 3.98. The molecular formula is C10H2Br4S2. The first-order valence-corrected chi connectivity index (χ1v) is 8.78. The van der Waals surface area contributed by atoms with E-state index in [1.807, 2.05) is 12.1 Å². The van der Waals surface area contributed by atoms with E-state index < -0.39 is 0 Å². The lowest BCUT2D eigenvalue weighted by Gasteiger charge is -1.83.